The first kappa shape index (κ1) is 14.8. The van der Waals surface area contributed by atoms with Gasteiger partial charge in [-0.1, -0.05) is 13.8 Å². The van der Waals surface area contributed by atoms with E-state index < -0.39 is 11.3 Å². The molecule has 2 fully saturated rings. The van der Waals surface area contributed by atoms with Crippen molar-refractivity contribution in [1.29, 1.82) is 0 Å². The van der Waals surface area contributed by atoms with Gasteiger partial charge in [0.1, 0.15) is 0 Å². The van der Waals surface area contributed by atoms with Gasteiger partial charge in [0.15, 0.2) is 0 Å². The average molecular weight is 250 g/mol. The fourth-order valence-corrected chi connectivity index (χ4v) is 2.33. The molecule has 2 aliphatic rings. The lowest BCUT2D eigenvalue weighted by molar-refractivity contribution is 0.00435. The number of nitrogens with one attached hydrogen (secondary N) is 1. The molecular weight excluding hydrogens is 226 g/mol. The third kappa shape index (κ3) is 3.36. The SMILES string of the molecule is CC.COCC1(CN2CCNCC2)CC1(F)F. The molecule has 1 saturated heterocycles. The molecule has 0 aromatic carbocycles. The Morgan fingerprint density at radius 1 is 1.24 bits per heavy atom. The number of ether oxygens (including phenoxy) is 1. The lowest BCUT2D eigenvalue weighted by Gasteiger charge is -2.30. The monoisotopic (exact) mass is 250 g/mol. The van der Waals surface area contributed by atoms with Crippen molar-refractivity contribution in [2.45, 2.75) is 26.2 Å². The zero-order valence-corrected chi connectivity index (χ0v) is 11.1. The Morgan fingerprint density at radius 2 is 1.76 bits per heavy atom. The first-order valence-corrected chi connectivity index (χ1v) is 6.39. The molecule has 1 aliphatic heterocycles. The maximum absolute atomic E-state index is 13.3. The van der Waals surface area contributed by atoms with Gasteiger partial charge in [0.05, 0.1) is 12.0 Å². The number of methoxy groups -OCH3 is 1. The van der Waals surface area contributed by atoms with Gasteiger partial charge in [-0.2, -0.15) is 0 Å². The van der Waals surface area contributed by atoms with Crippen LogP contribution in [0.3, 0.4) is 0 Å². The van der Waals surface area contributed by atoms with Gasteiger partial charge < -0.3 is 10.1 Å². The van der Waals surface area contributed by atoms with Crippen molar-refractivity contribution in [1.82, 2.24) is 10.2 Å². The van der Waals surface area contributed by atoms with Crippen LogP contribution in [-0.4, -0.2) is 57.3 Å². The maximum Gasteiger partial charge on any atom is 0.258 e. The van der Waals surface area contributed by atoms with Gasteiger partial charge in [-0.25, -0.2) is 8.78 Å². The Balaban J connectivity index is 0.000000686. The van der Waals surface area contributed by atoms with E-state index in [9.17, 15) is 8.78 Å². The molecule has 3 nitrogen and oxygen atoms in total. The third-order valence-electron chi connectivity index (χ3n) is 3.37. The Morgan fingerprint density at radius 3 is 2.18 bits per heavy atom. The molecular formula is C12H24F2N2O. The fourth-order valence-electron chi connectivity index (χ4n) is 2.33. The zero-order chi connectivity index (χ0) is 12.9. The Kier molecular flexibility index (Phi) is 5.28. The predicted octanol–water partition coefficient (Wildman–Crippen LogP) is 1.59. The minimum atomic E-state index is -2.52. The summed E-state index contributed by atoms with van der Waals surface area (Å²) >= 11 is 0. The van der Waals surface area contributed by atoms with Crippen LogP contribution < -0.4 is 5.32 Å². The topological polar surface area (TPSA) is 24.5 Å². The van der Waals surface area contributed by atoms with E-state index in [1.807, 2.05) is 13.8 Å². The Bertz CT molecular complexity index is 233. The van der Waals surface area contributed by atoms with Crippen molar-refractivity contribution in [3.05, 3.63) is 0 Å². The molecule has 2 rings (SSSR count). The van der Waals surface area contributed by atoms with E-state index in [1.54, 1.807) is 0 Å². The lowest BCUT2D eigenvalue weighted by Crippen LogP contribution is -2.47. The highest BCUT2D eigenvalue weighted by Crippen LogP contribution is 2.60. The van der Waals surface area contributed by atoms with Crippen LogP contribution in [0.25, 0.3) is 0 Å². The molecule has 0 aromatic heterocycles. The largest absolute Gasteiger partial charge is 0.384 e. The number of halogens is 2. The molecule has 0 bridgehead atoms. The first-order chi connectivity index (χ1) is 8.10. The highest BCUT2D eigenvalue weighted by molar-refractivity contribution is 5.11. The molecule has 102 valence electrons. The van der Waals surface area contributed by atoms with E-state index in [2.05, 4.69) is 10.2 Å². The second-order valence-electron chi connectivity index (χ2n) is 4.62. The van der Waals surface area contributed by atoms with Gasteiger partial charge >= 0.3 is 0 Å². The van der Waals surface area contributed by atoms with Crippen molar-refractivity contribution in [3.63, 3.8) is 0 Å². The van der Waals surface area contributed by atoms with Gasteiger partial charge in [0.2, 0.25) is 0 Å². The summed E-state index contributed by atoms with van der Waals surface area (Å²) < 4.78 is 31.5. The van der Waals surface area contributed by atoms with Crippen molar-refractivity contribution in [3.8, 4) is 0 Å². The molecule has 1 saturated carbocycles. The summed E-state index contributed by atoms with van der Waals surface area (Å²) in [5.74, 6) is -2.52. The molecule has 1 atom stereocenters. The van der Waals surface area contributed by atoms with Crippen molar-refractivity contribution < 1.29 is 13.5 Å². The summed E-state index contributed by atoms with van der Waals surface area (Å²) in [6, 6.07) is 0. The van der Waals surface area contributed by atoms with Gasteiger partial charge in [0, 0.05) is 46.3 Å². The highest BCUT2D eigenvalue weighted by atomic mass is 19.3. The third-order valence-corrected chi connectivity index (χ3v) is 3.37. The summed E-state index contributed by atoms with van der Waals surface area (Å²) in [5, 5.41) is 3.21. The fraction of sp³-hybridized carbons (Fsp3) is 1.00. The minimum absolute atomic E-state index is 0.0161. The van der Waals surface area contributed by atoms with E-state index >= 15 is 0 Å². The average Bonchev–Trinajstić information content (AvgIpc) is 2.84. The number of alkyl halides is 2. The second kappa shape index (κ2) is 6.07. The van der Waals surface area contributed by atoms with E-state index in [4.69, 9.17) is 4.74 Å². The summed E-state index contributed by atoms with van der Waals surface area (Å²) in [4.78, 5) is 2.11. The predicted molar refractivity (Wildman–Crippen MR) is 64.5 cm³/mol. The molecule has 0 radical (unpaired) electrons. The van der Waals surface area contributed by atoms with Crippen LogP contribution in [0.4, 0.5) is 8.78 Å². The van der Waals surface area contributed by atoms with E-state index in [-0.39, 0.29) is 13.0 Å². The van der Waals surface area contributed by atoms with Crippen molar-refractivity contribution in [2.75, 3.05) is 46.4 Å². The molecule has 17 heavy (non-hydrogen) atoms. The van der Waals surface area contributed by atoms with Crippen LogP contribution in [0.5, 0.6) is 0 Å². The maximum atomic E-state index is 13.3. The van der Waals surface area contributed by atoms with E-state index in [1.165, 1.54) is 7.11 Å². The van der Waals surface area contributed by atoms with Gasteiger partial charge in [-0.05, 0) is 0 Å². The normalized spacial score (nSPS) is 31.6. The van der Waals surface area contributed by atoms with Crippen LogP contribution in [0.1, 0.15) is 20.3 Å². The second-order valence-corrected chi connectivity index (χ2v) is 4.62. The summed E-state index contributed by atoms with van der Waals surface area (Å²) in [7, 11) is 1.49. The molecule has 1 N–H and O–H groups in total. The minimum Gasteiger partial charge on any atom is -0.384 e. The van der Waals surface area contributed by atoms with Crippen LogP contribution in [0.15, 0.2) is 0 Å². The summed E-state index contributed by atoms with van der Waals surface area (Å²) in [5.41, 5.74) is -0.904. The number of nitrogens with zero attached hydrogens (tertiary/aromatic N) is 1. The first-order valence-electron chi connectivity index (χ1n) is 6.39. The van der Waals surface area contributed by atoms with Crippen LogP contribution >= 0.6 is 0 Å². The van der Waals surface area contributed by atoms with Gasteiger partial charge in [-0.3, -0.25) is 4.90 Å². The highest BCUT2D eigenvalue weighted by Gasteiger charge is 2.71. The van der Waals surface area contributed by atoms with Crippen LogP contribution in [0.2, 0.25) is 0 Å². The number of hydrogen-bond acceptors (Lipinski definition) is 3. The molecule has 0 spiro atoms. The Hall–Kier alpha value is -0.260. The molecule has 0 aromatic rings. The van der Waals surface area contributed by atoms with Gasteiger partial charge in [-0.15, -0.1) is 0 Å². The molecule has 1 aliphatic carbocycles. The Labute approximate surface area is 103 Å². The van der Waals surface area contributed by atoms with Crippen molar-refractivity contribution in [2.24, 2.45) is 5.41 Å². The summed E-state index contributed by atoms with van der Waals surface area (Å²) in [6.07, 6.45) is -0.0161. The summed E-state index contributed by atoms with van der Waals surface area (Å²) in [6.45, 7) is 8.16. The molecule has 1 unspecified atom stereocenters. The molecule has 5 heteroatoms. The number of piperazine rings is 1. The number of rotatable bonds is 4. The van der Waals surface area contributed by atoms with Crippen LogP contribution in [0, 0.1) is 5.41 Å². The quantitative estimate of drug-likeness (QED) is 0.820. The van der Waals surface area contributed by atoms with E-state index in [0.29, 0.717) is 6.54 Å². The van der Waals surface area contributed by atoms with Crippen LogP contribution in [-0.2, 0) is 4.74 Å². The van der Waals surface area contributed by atoms with E-state index in [0.717, 1.165) is 26.2 Å². The van der Waals surface area contributed by atoms with Crippen molar-refractivity contribution >= 4 is 0 Å². The zero-order valence-electron chi connectivity index (χ0n) is 11.1. The molecule has 1 heterocycles. The van der Waals surface area contributed by atoms with Gasteiger partial charge in [0.25, 0.3) is 5.92 Å². The number of hydrogen-bond donors (Lipinski definition) is 1. The lowest BCUT2D eigenvalue weighted by atomic mass is 10.1. The smallest absolute Gasteiger partial charge is 0.258 e. The molecule has 0 amide bonds. The standard InChI is InChI=1S/C10H18F2N2O.C2H6/c1-15-8-9(6-10(9,11)12)7-14-4-2-13-3-5-14;1-2/h13H,2-8H2,1H3;1-2H3.